The summed E-state index contributed by atoms with van der Waals surface area (Å²) in [4.78, 5) is 71.6. The Balaban J connectivity index is 0.741. The lowest BCUT2D eigenvalue weighted by molar-refractivity contribution is -0.146. The monoisotopic (exact) mass is 781 g/mol. The molecule has 5 amide bonds. The molecule has 296 valence electrons. The topological polar surface area (TPSA) is 131 Å². The Morgan fingerprint density at radius 1 is 0.776 bits per heavy atom. The lowest BCUT2D eigenvalue weighted by Crippen LogP contribution is -2.63. The number of halogens is 1. The van der Waals surface area contributed by atoms with Gasteiger partial charge in [0.05, 0.1) is 17.7 Å². The molecule has 5 heterocycles. The van der Waals surface area contributed by atoms with Gasteiger partial charge in [0, 0.05) is 62.7 Å². The van der Waals surface area contributed by atoms with Gasteiger partial charge < -0.3 is 14.9 Å². The Bertz CT molecular complexity index is 2340. The van der Waals surface area contributed by atoms with E-state index in [0.29, 0.717) is 13.1 Å². The van der Waals surface area contributed by atoms with Gasteiger partial charge in [-0.05, 0) is 120 Å². The van der Waals surface area contributed by atoms with Crippen LogP contribution in [0.1, 0.15) is 98.0 Å². The van der Waals surface area contributed by atoms with Crippen molar-refractivity contribution >= 4 is 35.2 Å². The lowest BCUT2D eigenvalue weighted by Gasteiger charge is -2.54. The molecule has 0 unspecified atom stereocenters. The van der Waals surface area contributed by atoms with Gasteiger partial charge in [-0.25, -0.2) is 4.39 Å². The molecule has 0 saturated carbocycles. The average Bonchev–Trinajstić information content (AvgIpc) is 3.71. The molecule has 2 N–H and O–H groups in total. The van der Waals surface area contributed by atoms with E-state index in [2.05, 4.69) is 34.5 Å². The number of hydrogen-bond acceptors (Lipinski definition) is 8. The Morgan fingerprint density at radius 2 is 1.43 bits per heavy atom. The van der Waals surface area contributed by atoms with Crippen LogP contribution in [0.3, 0.4) is 0 Å². The largest absolute Gasteiger partial charge is 0.508 e. The second-order valence-corrected chi connectivity index (χ2v) is 17.1. The number of carbonyl (C=O) groups is 5. The van der Waals surface area contributed by atoms with Crippen LogP contribution in [0.25, 0.3) is 0 Å². The molecule has 4 aromatic carbocycles. The predicted octanol–water partition coefficient (Wildman–Crippen LogP) is 5.24. The summed E-state index contributed by atoms with van der Waals surface area (Å²) >= 11 is 0. The average molecular weight is 782 g/mol. The number of fused-ring (bicyclic) bond motifs is 3. The minimum Gasteiger partial charge on any atom is -0.508 e. The molecule has 3 atom stereocenters. The van der Waals surface area contributed by atoms with Crippen LogP contribution >= 0.6 is 0 Å². The van der Waals surface area contributed by atoms with Gasteiger partial charge in [0.2, 0.25) is 17.7 Å². The molecule has 11 nitrogen and oxygen atoms in total. The van der Waals surface area contributed by atoms with Gasteiger partial charge in [-0.15, -0.1) is 0 Å². The van der Waals surface area contributed by atoms with Crippen molar-refractivity contribution in [2.45, 2.75) is 69.5 Å². The fourth-order valence-electron chi connectivity index (χ4n) is 10.5. The zero-order chi connectivity index (χ0) is 39.9. The highest BCUT2D eigenvalue weighted by molar-refractivity contribution is 6.23. The Labute approximate surface area is 335 Å². The van der Waals surface area contributed by atoms with E-state index < -0.39 is 29.7 Å². The third-order valence-electron chi connectivity index (χ3n) is 13.6. The minimum absolute atomic E-state index is 0.0723. The van der Waals surface area contributed by atoms with Gasteiger partial charge in [-0.2, -0.15) is 0 Å². The molecule has 1 aliphatic carbocycles. The quantitative estimate of drug-likeness (QED) is 0.255. The van der Waals surface area contributed by atoms with Crippen LogP contribution < -0.4 is 10.2 Å². The van der Waals surface area contributed by atoms with Crippen molar-refractivity contribution < 1.29 is 33.5 Å². The number of rotatable bonds is 6. The predicted molar refractivity (Wildman–Crippen MR) is 212 cm³/mol. The van der Waals surface area contributed by atoms with Crippen LogP contribution in [0.5, 0.6) is 5.75 Å². The van der Waals surface area contributed by atoms with E-state index in [1.165, 1.54) is 28.9 Å². The van der Waals surface area contributed by atoms with E-state index in [-0.39, 0.29) is 65.2 Å². The molecule has 3 fully saturated rings. The number of phenolic OH excluding ortho intramolecular Hbond substituents is 1. The first-order valence-electron chi connectivity index (χ1n) is 20.3. The van der Waals surface area contributed by atoms with Crippen LogP contribution in [0.2, 0.25) is 0 Å². The summed E-state index contributed by atoms with van der Waals surface area (Å²) in [7, 11) is 0. The van der Waals surface area contributed by atoms with Gasteiger partial charge >= 0.3 is 0 Å². The molecular weight excluding hydrogens is 738 g/mol. The number of hydrogen-bond donors (Lipinski definition) is 2. The molecular formula is C46H44FN5O6. The van der Waals surface area contributed by atoms with E-state index >= 15 is 0 Å². The van der Waals surface area contributed by atoms with Crippen LogP contribution in [0.15, 0.2) is 78.9 Å². The number of aromatic hydroxyl groups is 1. The summed E-state index contributed by atoms with van der Waals surface area (Å²) in [5, 5.41) is 12.4. The number of benzene rings is 4. The lowest BCUT2D eigenvalue weighted by atomic mass is 9.69. The number of nitrogens with one attached hydrogen (secondary N) is 1. The third kappa shape index (κ3) is 6.25. The summed E-state index contributed by atoms with van der Waals surface area (Å²) in [5.74, 6) is -1.68. The molecule has 12 heteroatoms. The van der Waals surface area contributed by atoms with Gasteiger partial charge in [-0.3, -0.25) is 39.1 Å². The first kappa shape index (κ1) is 36.5. The first-order chi connectivity index (χ1) is 28.0. The van der Waals surface area contributed by atoms with Crippen molar-refractivity contribution in [2.24, 2.45) is 5.41 Å². The molecule has 3 saturated heterocycles. The Kier molecular flexibility index (Phi) is 8.74. The summed E-state index contributed by atoms with van der Waals surface area (Å²) in [6.07, 6.45) is 3.96. The molecule has 0 radical (unpaired) electrons. The number of likely N-dealkylation sites (tertiary alicyclic amines) is 1. The molecule has 0 bridgehead atoms. The van der Waals surface area contributed by atoms with Crippen molar-refractivity contribution in [2.75, 3.05) is 37.6 Å². The second-order valence-electron chi connectivity index (χ2n) is 17.1. The molecule has 10 rings (SSSR count). The number of carbonyl (C=O) groups excluding carboxylic acids is 5. The highest BCUT2D eigenvalue weighted by Crippen LogP contribution is 2.48. The van der Waals surface area contributed by atoms with Crippen molar-refractivity contribution in [1.29, 1.82) is 0 Å². The van der Waals surface area contributed by atoms with Crippen LogP contribution in [0, 0.1) is 11.2 Å². The smallest absolute Gasteiger partial charge is 0.262 e. The minimum atomic E-state index is -1.000. The zero-order valence-electron chi connectivity index (χ0n) is 32.1. The van der Waals surface area contributed by atoms with E-state index in [1.807, 2.05) is 34.1 Å². The van der Waals surface area contributed by atoms with E-state index in [1.54, 1.807) is 18.2 Å². The molecule has 58 heavy (non-hydrogen) atoms. The van der Waals surface area contributed by atoms with E-state index in [9.17, 15) is 33.5 Å². The maximum Gasteiger partial charge on any atom is 0.262 e. The Morgan fingerprint density at radius 3 is 2.09 bits per heavy atom. The third-order valence-corrected chi connectivity index (χ3v) is 13.6. The number of phenols is 1. The SMILES string of the molecule is O=C1CC[C@@H](N2C(=O)c3cc4c(cc3C2=O)CN(CC(=O)N2CC3(CCN(c5ccc([C@@H]6c7ccc(O)cc7CC[C@@H]6c6ccc(F)cc6)cc5)CC3)C2)C4)C(=O)N1. The maximum atomic E-state index is 13.9. The van der Waals surface area contributed by atoms with Gasteiger partial charge in [0.25, 0.3) is 11.8 Å². The molecule has 5 aliphatic heterocycles. The number of imide groups is 2. The van der Waals surface area contributed by atoms with Gasteiger partial charge in [-0.1, -0.05) is 30.3 Å². The van der Waals surface area contributed by atoms with Crippen molar-refractivity contribution in [3.63, 3.8) is 0 Å². The highest BCUT2D eigenvalue weighted by Gasteiger charge is 2.48. The summed E-state index contributed by atoms with van der Waals surface area (Å²) in [6.45, 7) is 4.55. The fourth-order valence-corrected chi connectivity index (χ4v) is 10.5. The van der Waals surface area contributed by atoms with Crippen molar-refractivity contribution in [3.05, 3.63) is 129 Å². The summed E-state index contributed by atoms with van der Waals surface area (Å²) in [6, 6.07) is 23.9. The van der Waals surface area contributed by atoms with Crippen LogP contribution in [-0.2, 0) is 33.9 Å². The molecule has 4 aromatic rings. The Hall–Kier alpha value is -5.88. The molecule has 0 aromatic heterocycles. The van der Waals surface area contributed by atoms with Crippen molar-refractivity contribution in [3.8, 4) is 5.75 Å². The maximum absolute atomic E-state index is 13.9. The van der Waals surface area contributed by atoms with Crippen LogP contribution in [-0.4, -0.2) is 88.1 Å². The number of aryl methyl sites for hydroxylation is 1. The van der Waals surface area contributed by atoms with Crippen LogP contribution in [0.4, 0.5) is 10.1 Å². The highest BCUT2D eigenvalue weighted by atomic mass is 19.1. The van der Waals surface area contributed by atoms with E-state index in [0.717, 1.165) is 79.0 Å². The normalized spacial score (nSPS) is 23.7. The number of anilines is 1. The number of nitrogens with zero attached hydrogens (tertiary/aromatic N) is 4. The fraction of sp³-hybridized carbons (Fsp3) is 0.370. The van der Waals surface area contributed by atoms with Gasteiger partial charge in [0.15, 0.2) is 0 Å². The molecule has 6 aliphatic rings. The first-order valence-corrected chi connectivity index (χ1v) is 20.3. The number of piperidine rings is 2. The summed E-state index contributed by atoms with van der Waals surface area (Å²) in [5.41, 5.74) is 8.32. The van der Waals surface area contributed by atoms with E-state index in [4.69, 9.17) is 0 Å². The van der Waals surface area contributed by atoms with Crippen molar-refractivity contribution in [1.82, 2.24) is 20.0 Å². The number of amides is 5. The molecule has 1 spiro atoms. The zero-order valence-corrected chi connectivity index (χ0v) is 32.1. The van der Waals surface area contributed by atoms with Gasteiger partial charge in [0.1, 0.15) is 17.6 Å². The second kappa shape index (κ2) is 13.9. The summed E-state index contributed by atoms with van der Waals surface area (Å²) < 4.78 is 13.9. The standard InChI is InChI=1S/C46H44FN5O6/c47-32-6-1-27(2-7-32)35-11-5-29-19-34(53)10-12-36(29)42(35)28-3-8-33(9-4-28)50-17-15-46(16-18-50)25-51(26-46)41(55)24-49-22-30-20-37-38(21-31(30)23-49)45(58)52(44(37)57)39-13-14-40(54)48-43(39)56/h1-4,6-10,12,19-21,35,39,42,53H,5,11,13-18,22-26H2,(H,48,54,56)/t35-,39-,42+/m1/s1.